The molecule has 0 amide bonds. The summed E-state index contributed by atoms with van der Waals surface area (Å²) in [6, 6.07) is 0. The molecule has 0 heterocycles. The normalized spacial score (nSPS) is 13.6. The second-order valence-corrected chi connectivity index (χ2v) is 2.30. The molecule has 0 N–H and O–H groups in total. The quantitative estimate of drug-likeness (QED) is 0.414. The van der Waals surface area contributed by atoms with Crippen molar-refractivity contribution >= 4 is 12.6 Å². The largest absolute Gasteiger partial charge is 0.179 e. The first-order valence-corrected chi connectivity index (χ1v) is 3.08. The second kappa shape index (κ2) is 3.14. The summed E-state index contributed by atoms with van der Waals surface area (Å²) in [4.78, 5) is 0. The Morgan fingerprint density at radius 3 is 2.29 bits per heavy atom. The summed E-state index contributed by atoms with van der Waals surface area (Å²) in [5, 5.41) is 0. The van der Waals surface area contributed by atoms with Crippen LogP contribution < -0.4 is 0 Å². The van der Waals surface area contributed by atoms with Crippen molar-refractivity contribution in [2.45, 2.75) is 13.8 Å². The van der Waals surface area contributed by atoms with Crippen molar-refractivity contribution in [2.75, 3.05) is 5.75 Å². The van der Waals surface area contributed by atoms with Crippen molar-refractivity contribution in [1.82, 2.24) is 0 Å². The van der Waals surface area contributed by atoms with Crippen LogP contribution in [0.5, 0.6) is 0 Å². The molecule has 7 heavy (non-hydrogen) atoms. The minimum Gasteiger partial charge on any atom is -0.179 e. The summed E-state index contributed by atoms with van der Waals surface area (Å²) in [6.45, 7) is 7.93. The summed E-state index contributed by atoms with van der Waals surface area (Å²) >= 11 is 4.09. The summed E-state index contributed by atoms with van der Waals surface area (Å²) < 4.78 is 0. The summed E-state index contributed by atoms with van der Waals surface area (Å²) in [5.41, 5.74) is 1.22. The number of hydrogen-bond acceptors (Lipinski definition) is 1. The van der Waals surface area contributed by atoms with Crippen LogP contribution in [0, 0.1) is 5.92 Å². The molecule has 0 aromatic carbocycles. The van der Waals surface area contributed by atoms with Crippen LogP contribution in [0.2, 0.25) is 0 Å². The molecule has 0 saturated carbocycles. The zero-order valence-electron chi connectivity index (χ0n) is 4.94. The molecule has 1 atom stereocenters. The van der Waals surface area contributed by atoms with Crippen molar-refractivity contribution in [3.63, 3.8) is 0 Å². The number of thiol groups is 1. The summed E-state index contributed by atoms with van der Waals surface area (Å²) in [7, 11) is 0. The van der Waals surface area contributed by atoms with Crippen LogP contribution in [0.1, 0.15) is 13.8 Å². The van der Waals surface area contributed by atoms with E-state index < -0.39 is 0 Å². The van der Waals surface area contributed by atoms with Gasteiger partial charge in [0.1, 0.15) is 0 Å². The lowest BCUT2D eigenvalue weighted by Crippen LogP contribution is -1.94. The molecule has 0 bridgehead atoms. The average molecular weight is 116 g/mol. The van der Waals surface area contributed by atoms with Gasteiger partial charge in [0, 0.05) is 0 Å². The van der Waals surface area contributed by atoms with E-state index in [0.29, 0.717) is 5.92 Å². The Morgan fingerprint density at radius 2 is 2.29 bits per heavy atom. The minimum absolute atomic E-state index is 0.573. The molecule has 0 saturated heterocycles. The highest BCUT2D eigenvalue weighted by molar-refractivity contribution is 7.80. The highest BCUT2D eigenvalue weighted by Crippen LogP contribution is 2.06. The first kappa shape index (κ1) is 7.09. The molecule has 1 heteroatoms. The topological polar surface area (TPSA) is 0 Å². The molecule has 0 radical (unpaired) electrons. The molecule has 0 rings (SSSR count). The highest BCUT2D eigenvalue weighted by atomic mass is 32.1. The van der Waals surface area contributed by atoms with Crippen molar-refractivity contribution in [2.24, 2.45) is 5.92 Å². The summed E-state index contributed by atoms with van der Waals surface area (Å²) in [6.07, 6.45) is 0. The van der Waals surface area contributed by atoms with E-state index in [-0.39, 0.29) is 0 Å². The zero-order valence-corrected chi connectivity index (χ0v) is 5.83. The van der Waals surface area contributed by atoms with Gasteiger partial charge in [0.2, 0.25) is 0 Å². The molecule has 0 nitrogen and oxygen atoms in total. The average Bonchev–Trinajstić information content (AvgIpc) is 1.65. The van der Waals surface area contributed by atoms with Gasteiger partial charge in [0.25, 0.3) is 0 Å². The van der Waals surface area contributed by atoms with Crippen LogP contribution in [0.25, 0.3) is 0 Å². The van der Waals surface area contributed by atoms with E-state index in [1.165, 1.54) is 5.57 Å². The van der Waals surface area contributed by atoms with E-state index in [2.05, 4.69) is 26.1 Å². The van der Waals surface area contributed by atoms with E-state index in [1.54, 1.807) is 0 Å². The van der Waals surface area contributed by atoms with Gasteiger partial charge in [-0.15, -0.1) is 0 Å². The zero-order chi connectivity index (χ0) is 5.86. The minimum atomic E-state index is 0.573. The van der Waals surface area contributed by atoms with Gasteiger partial charge < -0.3 is 0 Å². The van der Waals surface area contributed by atoms with Crippen molar-refractivity contribution in [3.05, 3.63) is 12.2 Å². The van der Waals surface area contributed by atoms with E-state index in [4.69, 9.17) is 0 Å². The SMILES string of the molecule is C=C(C)[C@H](C)CS. The van der Waals surface area contributed by atoms with Gasteiger partial charge in [-0.05, 0) is 18.6 Å². The first-order valence-electron chi connectivity index (χ1n) is 2.44. The fourth-order valence-corrected chi connectivity index (χ4v) is 0.468. The third-order valence-corrected chi connectivity index (χ3v) is 1.66. The van der Waals surface area contributed by atoms with Crippen LogP contribution in [0.4, 0.5) is 0 Å². The van der Waals surface area contributed by atoms with Crippen molar-refractivity contribution in [1.29, 1.82) is 0 Å². The Bertz CT molecular complexity index is 66.6. The van der Waals surface area contributed by atoms with Crippen LogP contribution in [0.3, 0.4) is 0 Å². The Labute approximate surface area is 51.0 Å². The Balaban J connectivity index is 3.34. The lowest BCUT2D eigenvalue weighted by atomic mass is 10.1. The lowest BCUT2D eigenvalue weighted by molar-refractivity contribution is 0.790. The molecule has 0 aliphatic heterocycles. The number of allylic oxidation sites excluding steroid dienone is 1. The van der Waals surface area contributed by atoms with Crippen molar-refractivity contribution in [3.8, 4) is 0 Å². The molecule has 42 valence electrons. The Kier molecular flexibility index (Phi) is 3.18. The van der Waals surface area contributed by atoms with E-state index in [1.807, 2.05) is 6.92 Å². The molecular formula is C6H12S. The molecule has 0 spiro atoms. The predicted molar refractivity (Wildman–Crippen MR) is 37.8 cm³/mol. The van der Waals surface area contributed by atoms with Crippen LogP contribution in [-0.4, -0.2) is 5.75 Å². The third-order valence-electron chi connectivity index (χ3n) is 1.12. The molecule has 0 aliphatic rings. The molecule has 0 fully saturated rings. The van der Waals surface area contributed by atoms with Gasteiger partial charge in [-0.3, -0.25) is 0 Å². The monoisotopic (exact) mass is 116 g/mol. The fraction of sp³-hybridized carbons (Fsp3) is 0.667. The molecule has 0 aliphatic carbocycles. The third kappa shape index (κ3) is 2.75. The maximum Gasteiger partial charge on any atom is -0.00350 e. The van der Waals surface area contributed by atoms with E-state index >= 15 is 0 Å². The summed E-state index contributed by atoms with van der Waals surface area (Å²) in [5.74, 6) is 1.48. The van der Waals surface area contributed by atoms with Gasteiger partial charge in [-0.2, -0.15) is 12.6 Å². The first-order chi connectivity index (χ1) is 3.18. The van der Waals surface area contributed by atoms with Gasteiger partial charge in [-0.25, -0.2) is 0 Å². The standard InChI is InChI=1S/C6H12S/c1-5(2)6(3)4-7/h6-7H,1,4H2,2-3H3/t6-/m1/s1. The maximum atomic E-state index is 4.09. The fourth-order valence-electron chi connectivity index (χ4n) is 0.156. The van der Waals surface area contributed by atoms with E-state index in [0.717, 1.165) is 5.75 Å². The molecular weight excluding hydrogens is 104 g/mol. The van der Waals surface area contributed by atoms with Gasteiger partial charge in [-0.1, -0.05) is 19.1 Å². The van der Waals surface area contributed by atoms with Gasteiger partial charge in [0.05, 0.1) is 0 Å². The van der Waals surface area contributed by atoms with Gasteiger partial charge >= 0.3 is 0 Å². The molecule has 0 aromatic heterocycles. The Morgan fingerprint density at radius 1 is 1.86 bits per heavy atom. The number of rotatable bonds is 2. The highest BCUT2D eigenvalue weighted by Gasteiger charge is 1.95. The number of hydrogen-bond donors (Lipinski definition) is 1. The van der Waals surface area contributed by atoms with Crippen LogP contribution >= 0.6 is 12.6 Å². The second-order valence-electron chi connectivity index (χ2n) is 1.93. The van der Waals surface area contributed by atoms with Crippen molar-refractivity contribution < 1.29 is 0 Å². The molecule has 0 unspecified atom stereocenters. The smallest absolute Gasteiger partial charge is 0.00350 e. The predicted octanol–water partition coefficient (Wildman–Crippen LogP) is 2.13. The van der Waals surface area contributed by atoms with Crippen LogP contribution in [-0.2, 0) is 0 Å². The lowest BCUT2D eigenvalue weighted by Gasteiger charge is -2.03. The van der Waals surface area contributed by atoms with Crippen LogP contribution in [0.15, 0.2) is 12.2 Å². The van der Waals surface area contributed by atoms with Gasteiger partial charge in [0.15, 0.2) is 0 Å². The molecule has 0 aromatic rings. The maximum absolute atomic E-state index is 4.09. The Hall–Kier alpha value is 0.0900. The van der Waals surface area contributed by atoms with E-state index in [9.17, 15) is 0 Å².